The number of nitro benzene ring substituents is 1. The first-order chi connectivity index (χ1) is 11.1. The lowest BCUT2D eigenvalue weighted by Gasteiger charge is -2.17. The topological polar surface area (TPSA) is 85.6 Å². The van der Waals surface area contributed by atoms with Crippen molar-refractivity contribution in [1.82, 2.24) is 4.98 Å². The lowest BCUT2D eigenvalue weighted by molar-refractivity contribution is -0.384. The Bertz CT molecular complexity index is 781. The molecule has 7 nitrogen and oxygen atoms in total. The van der Waals surface area contributed by atoms with Crippen LogP contribution in [0.3, 0.4) is 0 Å². The van der Waals surface area contributed by atoms with Crippen molar-refractivity contribution < 1.29 is 14.5 Å². The summed E-state index contributed by atoms with van der Waals surface area (Å²) in [5.41, 5.74) is 1.49. The second-order valence-corrected chi connectivity index (χ2v) is 5.30. The van der Waals surface area contributed by atoms with Crippen LogP contribution in [0.4, 0.5) is 11.4 Å². The lowest BCUT2D eigenvalue weighted by atomic mass is 10.1. The zero-order valence-corrected chi connectivity index (χ0v) is 12.7. The van der Waals surface area contributed by atoms with Crippen LogP contribution in [0.15, 0.2) is 36.5 Å². The van der Waals surface area contributed by atoms with E-state index < -0.39 is 4.92 Å². The Morgan fingerprint density at radius 2 is 2.26 bits per heavy atom. The van der Waals surface area contributed by atoms with Gasteiger partial charge in [0, 0.05) is 30.6 Å². The van der Waals surface area contributed by atoms with Gasteiger partial charge in [-0.2, -0.15) is 0 Å². The van der Waals surface area contributed by atoms with Gasteiger partial charge in [-0.05, 0) is 30.2 Å². The monoisotopic (exact) mass is 333 g/mol. The number of rotatable bonds is 4. The molecule has 0 aliphatic carbocycles. The first-order valence-electron chi connectivity index (χ1n) is 6.87. The number of benzene rings is 1. The maximum absolute atomic E-state index is 12.3. The summed E-state index contributed by atoms with van der Waals surface area (Å²) in [5.74, 6) is 0.100. The predicted molar refractivity (Wildman–Crippen MR) is 83.9 cm³/mol. The number of anilines is 1. The van der Waals surface area contributed by atoms with Crippen LogP contribution >= 0.6 is 11.6 Å². The molecule has 3 rings (SSSR count). The minimum Gasteiger partial charge on any atom is -0.481 e. The van der Waals surface area contributed by atoms with E-state index in [-0.39, 0.29) is 23.4 Å². The number of aromatic nitrogens is 1. The molecule has 1 aromatic heterocycles. The molecule has 8 heteroatoms. The van der Waals surface area contributed by atoms with Gasteiger partial charge in [-0.1, -0.05) is 11.6 Å². The van der Waals surface area contributed by atoms with E-state index in [0.29, 0.717) is 24.4 Å². The van der Waals surface area contributed by atoms with Crippen molar-refractivity contribution in [3.8, 4) is 5.75 Å². The largest absolute Gasteiger partial charge is 0.481 e. The molecule has 1 aromatic carbocycles. The highest BCUT2D eigenvalue weighted by atomic mass is 35.5. The number of nitro groups is 1. The van der Waals surface area contributed by atoms with Crippen LogP contribution in [0.1, 0.15) is 5.56 Å². The minimum absolute atomic E-state index is 0.0245. The Hall–Kier alpha value is -2.67. The molecule has 2 aromatic rings. The Labute approximate surface area is 136 Å². The highest BCUT2D eigenvalue weighted by Gasteiger charge is 2.26. The van der Waals surface area contributed by atoms with Crippen LogP contribution in [0, 0.1) is 10.1 Å². The molecule has 1 amide bonds. The number of ether oxygens (including phenoxy) is 1. The van der Waals surface area contributed by atoms with Crippen molar-refractivity contribution >= 4 is 28.9 Å². The van der Waals surface area contributed by atoms with Gasteiger partial charge in [0.25, 0.3) is 11.6 Å². The predicted octanol–water partition coefficient (Wildman–Crippen LogP) is 2.61. The average molecular weight is 334 g/mol. The zero-order chi connectivity index (χ0) is 16.4. The van der Waals surface area contributed by atoms with Crippen LogP contribution in [-0.4, -0.2) is 29.0 Å². The third kappa shape index (κ3) is 3.09. The van der Waals surface area contributed by atoms with Gasteiger partial charge in [-0.3, -0.25) is 14.9 Å². The van der Waals surface area contributed by atoms with E-state index in [2.05, 4.69) is 4.98 Å². The number of nitrogens with zero attached hydrogens (tertiary/aromatic N) is 3. The first kappa shape index (κ1) is 15.2. The molecule has 2 heterocycles. The van der Waals surface area contributed by atoms with Gasteiger partial charge in [0.1, 0.15) is 0 Å². The van der Waals surface area contributed by atoms with Gasteiger partial charge in [0.15, 0.2) is 17.5 Å². The third-order valence-electron chi connectivity index (χ3n) is 3.55. The summed E-state index contributed by atoms with van der Waals surface area (Å²) in [6, 6.07) is 7.78. The number of carbonyl (C=O) groups excluding carboxylic acids is 1. The van der Waals surface area contributed by atoms with Gasteiger partial charge in [0.2, 0.25) is 0 Å². The lowest BCUT2D eigenvalue weighted by Crippen LogP contribution is -2.33. The van der Waals surface area contributed by atoms with Crippen molar-refractivity contribution in [3.63, 3.8) is 0 Å². The standard InChI is InChI=1S/C15H12ClN3O4/c16-15-13(2-1-6-17-15)23-9-14(20)18-7-5-10-8-11(19(21)22)3-4-12(10)18/h1-4,6,8H,5,7,9H2. The SMILES string of the molecule is O=C(COc1cccnc1Cl)N1CCc2cc([N+](=O)[O-])ccc21. The van der Waals surface area contributed by atoms with E-state index in [4.69, 9.17) is 16.3 Å². The number of hydrogen-bond donors (Lipinski definition) is 0. The third-order valence-corrected chi connectivity index (χ3v) is 3.83. The summed E-state index contributed by atoms with van der Waals surface area (Å²) < 4.78 is 5.39. The number of non-ortho nitro benzene ring substituents is 1. The molecular formula is C15H12ClN3O4. The number of fused-ring (bicyclic) bond motifs is 1. The van der Waals surface area contributed by atoms with Crippen molar-refractivity contribution in [1.29, 1.82) is 0 Å². The molecule has 0 N–H and O–H groups in total. The summed E-state index contributed by atoms with van der Waals surface area (Å²) in [6.07, 6.45) is 2.11. The number of hydrogen-bond acceptors (Lipinski definition) is 5. The highest BCUT2D eigenvalue weighted by molar-refractivity contribution is 6.30. The molecule has 0 fully saturated rings. The van der Waals surface area contributed by atoms with Crippen LogP contribution in [0.5, 0.6) is 5.75 Å². The van der Waals surface area contributed by atoms with Crippen molar-refractivity contribution in [2.75, 3.05) is 18.1 Å². The molecule has 0 atom stereocenters. The van der Waals surface area contributed by atoms with Crippen LogP contribution in [0.25, 0.3) is 0 Å². The fraction of sp³-hybridized carbons (Fsp3) is 0.200. The van der Waals surface area contributed by atoms with E-state index in [1.807, 2.05) is 0 Å². The van der Waals surface area contributed by atoms with Gasteiger partial charge < -0.3 is 9.64 Å². The molecule has 0 spiro atoms. The van der Waals surface area contributed by atoms with Gasteiger partial charge in [-0.25, -0.2) is 4.98 Å². The van der Waals surface area contributed by atoms with E-state index in [9.17, 15) is 14.9 Å². The molecule has 0 saturated carbocycles. The molecule has 0 saturated heterocycles. The molecule has 1 aliphatic rings. The maximum Gasteiger partial charge on any atom is 0.269 e. The van der Waals surface area contributed by atoms with Gasteiger partial charge in [-0.15, -0.1) is 0 Å². The number of amides is 1. The van der Waals surface area contributed by atoms with E-state index in [0.717, 1.165) is 5.56 Å². The maximum atomic E-state index is 12.3. The normalized spacial score (nSPS) is 12.8. The molecular weight excluding hydrogens is 322 g/mol. The van der Waals surface area contributed by atoms with Gasteiger partial charge >= 0.3 is 0 Å². The van der Waals surface area contributed by atoms with Gasteiger partial charge in [0.05, 0.1) is 4.92 Å². The smallest absolute Gasteiger partial charge is 0.269 e. The summed E-state index contributed by atoms with van der Waals surface area (Å²) in [4.78, 5) is 28.1. The number of pyridine rings is 1. The first-order valence-corrected chi connectivity index (χ1v) is 7.25. The minimum atomic E-state index is -0.446. The Morgan fingerprint density at radius 3 is 3.00 bits per heavy atom. The second kappa shape index (κ2) is 6.21. The fourth-order valence-electron chi connectivity index (χ4n) is 2.46. The average Bonchev–Trinajstić information content (AvgIpc) is 2.97. The second-order valence-electron chi connectivity index (χ2n) is 4.95. The molecule has 23 heavy (non-hydrogen) atoms. The molecule has 118 valence electrons. The van der Waals surface area contributed by atoms with Crippen LogP contribution in [0.2, 0.25) is 5.15 Å². The fourth-order valence-corrected chi connectivity index (χ4v) is 2.63. The number of carbonyl (C=O) groups is 1. The molecule has 0 radical (unpaired) electrons. The van der Waals surface area contributed by atoms with Crippen molar-refractivity contribution in [2.24, 2.45) is 0 Å². The van der Waals surface area contributed by atoms with Crippen molar-refractivity contribution in [2.45, 2.75) is 6.42 Å². The number of halogens is 1. The van der Waals surface area contributed by atoms with E-state index in [1.54, 1.807) is 23.1 Å². The summed E-state index contributed by atoms with van der Waals surface area (Å²) >= 11 is 5.87. The van der Waals surface area contributed by atoms with Crippen LogP contribution < -0.4 is 9.64 Å². The summed E-state index contributed by atoms with van der Waals surface area (Å²) in [5, 5.41) is 11.0. The summed E-state index contributed by atoms with van der Waals surface area (Å²) in [6.45, 7) is 0.293. The van der Waals surface area contributed by atoms with Crippen molar-refractivity contribution in [3.05, 3.63) is 57.4 Å². The Balaban J connectivity index is 1.71. The molecule has 1 aliphatic heterocycles. The Kier molecular flexibility index (Phi) is 4.12. The zero-order valence-electron chi connectivity index (χ0n) is 11.9. The summed E-state index contributed by atoms with van der Waals surface area (Å²) in [7, 11) is 0. The Morgan fingerprint density at radius 1 is 1.43 bits per heavy atom. The highest BCUT2D eigenvalue weighted by Crippen LogP contribution is 2.31. The van der Waals surface area contributed by atoms with Crippen LogP contribution in [-0.2, 0) is 11.2 Å². The quantitative estimate of drug-likeness (QED) is 0.487. The van der Waals surface area contributed by atoms with E-state index in [1.165, 1.54) is 18.3 Å². The van der Waals surface area contributed by atoms with E-state index >= 15 is 0 Å². The molecule has 0 unspecified atom stereocenters. The molecule has 0 bridgehead atoms.